The molecule has 0 saturated heterocycles. The topological polar surface area (TPSA) is 70.5 Å². The van der Waals surface area contributed by atoms with Gasteiger partial charge in [-0.2, -0.15) is 0 Å². The van der Waals surface area contributed by atoms with Crippen LogP contribution in [-0.2, 0) is 9.47 Å². The van der Waals surface area contributed by atoms with Crippen LogP contribution in [-0.4, -0.2) is 39.5 Å². The summed E-state index contributed by atoms with van der Waals surface area (Å²) in [6.45, 7) is 4.66. The maximum atomic E-state index is 5.48. The number of unbranched alkanes of at least 4 members (excludes halogenated alkanes) is 4. The Hall–Kier alpha value is -0.160. The lowest BCUT2D eigenvalue weighted by Gasteiger charge is -2.04. The van der Waals surface area contributed by atoms with Crippen LogP contribution in [0.4, 0.5) is 0 Å². The average molecular weight is 232 g/mol. The van der Waals surface area contributed by atoms with Crippen molar-refractivity contribution < 1.29 is 9.47 Å². The van der Waals surface area contributed by atoms with Crippen LogP contribution in [0, 0.1) is 0 Å². The third-order valence-corrected chi connectivity index (χ3v) is 2.33. The van der Waals surface area contributed by atoms with Crippen LogP contribution in [0.25, 0.3) is 0 Å². The van der Waals surface area contributed by atoms with E-state index >= 15 is 0 Å². The molecule has 4 nitrogen and oxygen atoms in total. The van der Waals surface area contributed by atoms with E-state index < -0.39 is 0 Å². The van der Waals surface area contributed by atoms with Crippen molar-refractivity contribution in [1.29, 1.82) is 0 Å². The predicted octanol–water partition coefficient (Wildman–Crippen LogP) is 1.28. The first-order valence-corrected chi connectivity index (χ1v) is 6.47. The van der Waals surface area contributed by atoms with Crippen molar-refractivity contribution in [1.82, 2.24) is 0 Å². The minimum atomic E-state index is 0.622. The summed E-state index contributed by atoms with van der Waals surface area (Å²) >= 11 is 0. The first kappa shape index (κ1) is 15.8. The Bertz CT molecular complexity index is 110. The van der Waals surface area contributed by atoms with Crippen molar-refractivity contribution in [2.45, 2.75) is 38.5 Å². The second-order valence-electron chi connectivity index (χ2n) is 3.92. The Morgan fingerprint density at radius 1 is 0.500 bits per heavy atom. The fourth-order valence-electron chi connectivity index (χ4n) is 1.40. The second-order valence-corrected chi connectivity index (χ2v) is 3.92. The molecule has 0 heterocycles. The van der Waals surface area contributed by atoms with Crippen LogP contribution in [0.2, 0.25) is 0 Å². The predicted molar refractivity (Wildman–Crippen MR) is 67.4 cm³/mol. The van der Waals surface area contributed by atoms with Gasteiger partial charge in [0, 0.05) is 26.4 Å². The van der Waals surface area contributed by atoms with Crippen molar-refractivity contribution in [2.24, 2.45) is 11.5 Å². The Labute approximate surface area is 99.7 Å². The molecule has 0 unspecified atom stereocenters. The van der Waals surface area contributed by atoms with Gasteiger partial charge < -0.3 is 20.9 Å². The summed E-state index contributed by atoms with van der Waals surface area (Å²) in [5.41, 5.74) is 10.7. The smallest absolute Gasteiger partial charge is 0.0588 e. The molecule has 0 aromatic heterocycles. The molecule has 0 saturated carbocycles. The molecular formula is C12H28N2O2. The molecule has 0 atom stereocenters. The molecule has 0 bridgehead atoms. The van der Waals surface area contributed by atoms with Crippen LogP contribution in [0.1, 0.15) is 38.5 Å². The molecule has 0 amide bonds. The lowest BCUT2D eigenvalue weighted by atomic mass is 10.2. The summed E-state index contributed by atoms with van der Waals surface area (Å²) in [5.74, 6) is 0. The maximum absolute atomic E-state index is 5.48. The summed E-state index contributed by atoms with van der Waals surface area (Å²) in [5, 5.41) is 0. The molecule has 0 rings (SSSR count). The van der Waals surface area contributed by atoms with Gasteiger partial charge >= 0.3 is 0 Å². The van der Waals surface area contributed by atoms with Crippen LogP contribution in [0.15, 0.2) is 0 Å². The monoisotopic (exact) mass is 232 g/mol. The molecule has 98 valence electrons. The number of nitrogens with two attached hydrogens (primary N) is 2. The Balaban J connectivity index is 2.83. The molecule has 4 heteroatoms. The van der Waals surface area contributed by atoms with E-state index in [2.05, 4.69) is 0 Å². The second kappa shape index (κ2) is 14.8. The van der Waals surface area contributed by atoms with Gasteiger partial charge in [-0.1, -0.05) is 12.8 Å². The van der Waals surface area contributed by atoms with Gasteiger partial charge in [-0.3, -0.25) is 0 Å². The Kier molecular flexibility index (Phi) is 14.7. The van der Waals surface area contributed by atoms with Crippen molar-refractivity contribution in [3.8, 4) is 0 Å². The maximum Gasteiger partial charge on any atom is 0.0588 e. The lowest BCUT2D eigenvalue weighted by Crippen LogP contribution is -2.08. The fourth-order valence-corrected chi connectivity index (χ4v) is 1.40. The number of hydrogen-bond acceptors (Lipinski definition) is 4. The van der Waals surface area contributed by atoms with Crippen LogP contribution >= 0.6 is 0 Å². The van der Waals surface area contributed by atoms with Gasteiger partial charge in [-0.25, -0.2) is 0 Å². The Morgan fingerprint density at radius 3 is 1.50 bits per heavy atom. The van der Waals surface area contributed by atoms with Crippen LogP contribution in [0.3, 0.4) is 0 Å². The highest BCUT2D eigenvalue weighted by Gasteiger charge is 1.92. The van der Waals surface area contributed by atoms with Gasteiger partial charge in [-0.05, 0) is 32.2 Å². The van der Waals surface area contributed by atoms with E-state index in [1.54, 1.807) is 0 Å². The zero-order valence-electron chi connectivity index (χ0n) is 10.5. The largest absolute Gasteiger partial charge is 0.381 e. The van der Waals surface area contributed by atoms with E-state index in [1.807, 2.05) is 0 Å². The van der Waals surface area contributed by atoms with E-state index in [4.69, 9.17) is 20.9 Å². The highest BCUT2D eigenvalue weighted by atomic mass is 16.5. The van der Waals surface area contributed by atoms with E-state index in [-0.39, 0.29) is 0 Å². The summed E-state index contributed by atoms with van der Waals surface area (Å²) in [4.78, 5) is 0. The minimum absolute atomic E-state index is 0.622. The van der Waals surface area contributed by atoms with Gasteiger partial charge in [0.1, 0.15) is 0 Å². The molecular weight excluding hydrogens is 204 g/mol. The summed E-state index contributed by atoms with van der Waals surface area (Å²) in [7, 11) is 0. The standard InChI is InChI=1S/C12H28N2O2/c13-7-3-6-11-15-9-4-1-2-5-10-16-12-8-14/h1-14H2. The molecule has 0 fully saturated rings. The van der Waals surface area contributed by atoms with Crippen LogP contribution in [0.5, 0.6) is 0 Å². The van der Waals surface area contributed by atoms with E-state index in [1.165, 1.54) is 12.8 Å². The Morgan fingerprint density at radius 2 is 1.00 bits per heavy atom. The third kappa shape index (κ3) is 13.8. The summed E-state index contributed by atoms with van der Waals surface area (Å²) in [6.07, 6.45) is 6.88. The quantitative estimate of drug-likeness (QED) is 0.469. The lowest BCUT2D eigenvalue weighted by molar-refractivity contribution is 0.121. The zero-order chi connectivity index (χ0) is 11.9. The van der Waals surface area contributed by atoms with Gasteiger partial charge in [-0.15, -0.1) is 0 Å². The fraction of sp³-hybridized carbons (Fsp3) is 1.00. The number of hydrogen-bond donors (Lipinski definition) is 2. The highest BCUT2D eigenvalue weighted by molar-refractivity contribution is 4.44. The first-order chi connectivity index (χ1) is 7.91. The first-order valence-electron chi connectivity index (χ1n) is 6.47. The van der Waals surface area contributed by atoms with E-state index in [0.717, 1.165) is 52.0 Å². The minimum Gasteiger partial charge on any atom is -0.381 e. The van der Waals surface area contributed by atoms with Crippen molar-refractivity contribution >= 4 is 0 Å². The van der Waals surface area contributed by atoms with E-state index in [9.17, 15) is 0 Å². The van der Waals surface area contributed by atoms with Gasteiger partial charge in [0.25, 0.3) is 0 Å². The van der Waals surface area contributed by atoms with Gasteiger partial charge in [0.2, 0.25) is 0 Å². The molecule has 4 N–H and O–H groups in total. The molecule has 0 aliphatic carbocycles. The van der Waals surface area contributed by atoms with E-state index in [0.29, 0.717) is 13.2 Å². The number of rotatable bonds is 13. The van der Waals surface area contributed by atoms with Crippen LogP contribution < -0.4 is 11.5 Å². The zero-order valence-corrected chi connectivity index (χ0v) is 10.5. The van der Waals surface area contributed by atoms with Crippen molar-refractivity contribution in [3.63, 3.8) is 0 Å². The summed E-state index contributed by atoms with van der Waals surface area (Å²) in [6, 6.07) is 0. The SMILES string of the molecule is NCCCCOCCCCCCOCCN. The molecule has 0 spiro atoms. The van der Waals surface area contributed by atoms with Gasteiger partial charge in [0.15, 0.2) is 0 Å². The molecule has 0 aliphatic heterocycles. The number of ether oxygens (including phenoxy) is 2. The third-order valence-electron chi connectivity index (χ3n) is 2.33. The normalized spacial score (nSPS) is 10.9. The molecule has 0 aromatic carbocycles. The molecule has 0 aliphatic rings. The van der Waals surface area contributed by atoms with Crippen molar-refractivity contribution in [3.05, 3.63) is 0 Å². The average Bonchev–Trinajstić information content (AvgIpc) is 2.31. The van der Waals surface area contributed by atoms with Crippen molar-refractivity contribution in [2.75, 3.05) is 39.5 Å². The summed E-state index contributed by atoms with van der Waals surface area (Å²) < 4.78 is 10.8. The molecule has 0 aromatic rings. The highest BCUT2D eigenvalue weighted by Crippen LogP contribution is 2.01. The molecule has 0 radical (unpaired) electrons. The molecule has 16 heavy (non-hydrogen) atoms. The van der Waals surface area contributed by atoms with Gasteiger partial charge in [0.05, 0.1) is 6.61 Å².